The molecule has 0 spiro atoms. The third-order valence-electron chi connectivity index (χ3n) is 5.72. The second-order valence-electron chi connectivity index (χ2n) is 8.59. The van der Waals surface area contributed by atoms with Crippen LogP contribution < -0.4 is 10.6 Å². The summed E-state index contributed by atoms with van der Waals surface area (Å²) in [6.45, 7) is 8.91. The van der Waals surface area contributed by atoms with Gasteiger partial charge in [0, 0.05) is 32.8 Å². The van der Waals surface area contributed by atoms with Crippen LogP contribution in [0, 0.1) is 5.92 Å². The van der Waals surface area contributed by atoms with Crippen molar-refractivity contribution >= 4 is 23.3 Å². The average molecular weight is 420 g/mol. The number of rotatable bonds is 9. The second kappa shape index (κ2) is 11.2. The first-order chi connectivity index (χ1) is 14.3. The number of hydrogen-bond donors (Lipinski definition) is 1. The molecule has 0 aliphatic carbocycles. The Morgan fingerprint density at radius 2 is 1.87 bits per heavy atom. The van der Waals surface area contributed by atoms with Crippen molar-refractivity contribution in [3.05, 3.63) is 23.8 Å². The zero-order valence-corrected chi connectivity index (χ0v) is 19.0. The zero-order valence-electron chi connectivity index (χ0n) is 19.0. The van der Waals surface area contributed by atoms with Gasteiger partial charge in [0.15, 0.2) is 0 Å². The van der Waals surface area contributed by atoms with Crippen molar-refractivity contribution in [1.29, 1.82) is 0 Å². The number of amides is 1. The van der Waals surface area contributed by atoms with Crippen molar-refractivity contribution in [2.45, 2.75) is 52.0 Å². The molecule has 0 radical (unpaired) electrons. The fraction of sp³-hybridized carbons (Fsp3) is 0.652. The minimum Gasteiger partial charge on any atom is -0.469 e. The summed E-state index contributed by atoms with van der Waals surface area (Å²) in [7, 11) is 2.96. The molecule has 0 aromatic heterocycles. The molecule has 7 heteroatoms. The van der Waals surface area contributed by atoms with Gasteiger partial charge in [-0.25, -0.2) is 0 Å². The van der Waals surface area contributed by atoms with Crippen LogP contribution in [0.15, 0.2) is 18.2 Å². The number of likely N-dealkylation sites (tertiary alicyclic amines) is 1. The number of carbonyl (C=O) groups excluding carboxylic acids is 2. The van der Waals surface area contributed by atoms with Gasteiger partial charge in [0.1, 0.15) is 6.61 Å². The molecular formula is C23H37N3O4. The molecule has 1 aliphatic rings. The largest absolute Gasteiger partial charge is 0.469 e. The monoisotopic (exact) mass is 419 g/mol. The van der Waals surface area contributed by atoms with Crippen LogP contribution in [0.1, 0.15) is 51.5 Å². The summed E-state index contributed by atoms with van der Waals surface area (Å²) in [5.74, 6) is 0.356. The number of nitrogens with zero attached hydrogens (tertiary/aromatic N) is 2. The minimum atomic E-state index is -0.221. The highest BCUT2D eigenvalue weighted by molar-refractivity contribution is 5.77. The van der Waals surface area contributed by atoms with Crippen molar-refractivity contribution in [3.8, 4) is 0 Å². The van der Waals surface area contributed by atoms with Gasteiger partial charge in [0.25, 0.3) is 0 Å². The van der Waals surface area contributed by atoms with Crippen LogP contribution >= 0.6 is 0 Å². The number of anilines is 2. The lowest BCUT2D eigenvalue weighted by Crippen LogP contribution is -2.48. The number of carbonyl (C=O) groups is 2. The molecule has 1 amide bonds. The lowest BCUT2D eigenvalue weighted by Gasteiger charge is -2.41. The van der Waals surface area contributed by atoms with Crippen LogP contribution in [-0.4, -0.2) is 63.3 Å². The van der Waals surface area contributed by atoms with E-state index in [1.807, 2.05) is 17.9 Å². The molecule has 1 fully saturated rings. The van der Waals surface area contributed by atoms with E-state index in [2.05, 4.69) is 30.9 Å². The molecule has 1 saturated heterocycles. The fourth-order valence-electron chi connectivity index (χ4n) is 4.07. The molecule has 1 aliphatic heterocycles. The SMILES string of the molecule is COCC(=O)N1CCC(N(CC(C)C)c2ccc(C(C)CC(=O)OC)cc2N)CC1. The van der Waals surface area contributed by atoms with E-state index in [4.69, 9.17) is 15.2 Å². The topological polar surface area (TPSA) is 85.1 Å². The molecule has 2 rings (SSSR count). The van der Waals surface area contributed by atoms with E-state index in [1.54, 1.807) is 7.11 Å². The molecule has 7 nitrogen and oxygen atoms in total. The van der Waals surface area contributed by atoms with E-state index in [0.717, 1.165) is 49.4 Å². The third kappa shape index (κ3) is 6.36. The maximum absolute atomic E-state index is 12.1. The van der Waals surface area contributed by atoms with Crippen molar-refractivity contribution in [2.24, 2.45) is 5.92 Å². The van der Waals surface area contributed by atoms with Gasteiger partial charge in [-0.1, -0.05) is 26.8 Å². The number of hydrogen-bond acceptors (Lipinski definition) is 6. The van der Waals surface area contributed by atoms with Crippen LogP contribution in [0.4, 0.5) is 11.4 Å². The molecular weight excluding hydrogens is 382 g/mol. The summed E-state index contributed by atoms with van der Waals surface area (Å²) in [4.78, 5) is 28.0. The summed E-state index contributed by atoms with van der Waals surface area (Å²) in [6.07, 6.45) is 2.14. The molecule has 0 saturated carbocycles. The number of benzene rings is 1. The highest BCUT2D eigenvalue weighted by Gasteiger charge is 2.28. The first-order valence-corrected chi connectivity index (χ1v) is 10.8. The smallest absolute Gasteiger partial charge is 0.306 e. The van der Waals surface area contributed by atoms with Gasteiger partial charge in [0.2, 0.25) is 5.91 Å². The highest BCUT2D eigenvalue weighted by atomic mass is 16.5. The molecule has 168 valence electrons. The Balaban J connectivity index is 2.15. The summed E-state index contributed by atoms with van der Waals surface area (Å²) in [6, 6.07) is 6.44. The van der Waals surface area contributed by atoms with Crippen molar-refractivity contribution < 1.29 is 19.1 Å². The van der Waals surface area contributed by atoms with Crippen molar-refractivity contribution in [2.75, 3.05) is 51.1 Å². The normalized spacial score (nSPS) is 15.9. The number of nitrogens with two attached hydrogens (primary N) is 1. The van der Waals surface area contributed by atoms with E-state index in [9.17, 15) is 9.59 Å². The molecule has 0 bridgehead atoms. The summed E-state index contributed by atoms with van der Waals surface area (Å²) >= 11 is 0. The quantitative estimate of drug-likeness (QED) is 0.489. The average Bonchev–Trinajstić information content (AvgIpc) is 2.72. The lowest BCUT2D eigenvalue weighted by atomic mass is 9.95. The predicted molar refractivity (Wildman–Crippen MR) is 120 cm³/mol. The van der Waals surface area contributed by atoms with Crippen LogP contribution in [0.3, 0.4) is 0 Å². The minimum absolute atomic E-state index is 0.0439. The van der Waals surface area contributed by atoms with Crippen LogP contribution in [-0.2, 0) is 19.1 Å². The zero-order chi connectivity index (χ0) is 22.3. The van der Waals surface area contributed by atoms with Gasteiger partial charge in [0.05, 0.1) is 24.9 Å². The first kappa shape index (κ1) is 24.0. The number of esters is 1. The number of methoxy groups -OCH3 is 2. The highest BCUT2D eigenvalue weighted by Crippen LogP contribution is 2.33. The van der Waals surface area contributed by atoms with E-state index in [-0.39, 0.29) is 24.4 Å². The Labute approximate surface area is 180 Å². The van der Waals surface area contributed by atoms with Crippen molar-refractivity contribution in [3.63, 3.8) is 0 Å². The van der Waals surface area contributed by atoms with Crippen LogP contribution in [0.5, 0.6) is 0 Å². The van der Waals surface area contributed by atoms with E-state index in [0.29, 0.717) is 18.4 Å². The maximum Gasteiger partial charge on any atom is 0.306 e. The summed E-state index contributed by atoms with van der Waals surface area (Å²) in [5.41, 5.74) is 9.27. The van der Waals surface area contributed by atoms with Crippen LogP contribution in [0.2, 0.25) is 0 Å². The molecule has 1 aromatic carbocycles. The van der Waals surface area contributed by atoms with Gasteiger partial charge >= 0.3 is 5.97 Å². The third-order valence-corrected chi connectivity index (χ3v) is 5.72. The first-order valence-electron chi connectivity index (χ1n) is 10.8. The molecule has 1 aromatic rings. The molecule has 30 heavy (non-hydrogen) atoms. The second-order valence-corrected chi connectivity index (χ2v) is 8.59. The Bertz CT molecular complexity index is 714. The number of ether oxygens (including phenoxy) is 2. The van der Waals surface area contributed by atoms with Gasteiger partial charge in [-0.2, -0.15) is 0 Å². The molecule has 1 atom stereocenters. The van der Waals surface area contributed by atoms with E-state index >= 15 is 0 Å². The Morgan fingerprint density at radius 1 is 1.20 bits per heavy atom. The maximum atomic E-state index is 12.1. The summed E-state index contributed by atoms with van der Waals surface area (Å²) < 4.78 is 9.77. The molecule has 1 unspecified atom stereocenters. The van der Waals surface area contributed by atoms with Gasteiger partial charge < -0.3 is 25.0 Å². The Kier molecular flexibility index (Phi) is 8.96. The standard InChI is InChI=1S/C23H37N3O4/c1-16(2)14-26(19-8-10-25(11-9-19)22(27)15-29-4)21-7-6-18(13-20(21)24)17(3)12-23(28)30-5/h6-7,13,16-17,19H,8-12,14-15,24H2,1-5H3. The van der Waals surface area contributed by atoms with Crippen LogP contribution in [0.25, 0.3) is 0 Å². The van der Waals surface area contributed by atoms with Gasteiger partial charge in [-0.3, -0.25) is 9.59 Å². The Hall–Kier alpha value is -2.28. The number of nitrogen functional groups attached to an aromatic ring is 1. The van der Waals surface area contributed by atoms with Gasteiger partial charge in [-0.15, -0.1) is 0 Å². The van der Waals surface area contributed by atoms with Crippen molar-refractivity contribution in [1.82, 2.24) is 4.90 Å². The van der Waals surface area contributed by atoms with E-state index in [1.165, 1.54) is 7.11 Å². The summed E-state index contributed by atoms with van der Waals surface area (Å²) in [5, 5.41) is 0. The predicted octanol–water partition coefficient (Wildman–Crippen LogP) is 3.04. The Morgan fingerprint density at radius 3 is 2.40 bits per heavy atom. The fourth-order valence-corrected chi connectivity index (χ4v) is 4.07. The van der Waals surface area contributed by atoms with Gasteiger partial charge in [-0.05, 0) is 42.4 Å². The molecule has 1 heterocycles. The molecule has 2 N–H and O–H groups in total. The van der Waals surface area contributed by atoms with E-state index < -0.39 is 0 Å². The lowest BCUT2D eigenvalue weighted by molar-refractivity contribution is -0.141. The number of piperidine rings is 1.